The summed E-state index contributed by atoms with van der Waals surface area (Å²) in [4.78, 5) is 35.6. The van der Waals surface area contributed by atoms with Crippen molar-refractivity contribution in [3.63, 3.8) is 0 Å². The highest BCUT2D eigenvalue weighted by atomic mass is 79.9. The first-order valence-electron chi connectivity index (χ1n) is 9.30. The highest BCUT2D eigenvalue weighted by molar-refractivity contribution is 9.11. The van der Waals surface area contributed by atoms with Crippen molar-refractivity contribution >= 4 is 28.0 Å². The van der Waals surface area contributed by atoms with Crippen LogP contribution in [0.4, 0.5) is 4.79 Å². The Bertz CT molecular complexity index is 857. The van der Waals surface area contributed by atoms with Crippen molar-refractivity contribution in [2.75, 3.05) is 0 Å². The molecule has 1 atom stereocenters. The summed E-state index contributed by atoms with van der Waals surface area (Å²) in [6.07, 6.45) is 5.48. The van der Waals surface area contributed by atoms with E-state index in [-0.39, 0.29) is 24.5 Å². The van der Waals surface area contributed by atoms with Crippen LogP contribution in [0.1, 0.15) is 58.0 Å². The van der Waals surface area contributed by atoms with Gasteiger partial charge in [0.2, 0.25) is 0 Å². The summed E-state index contributed by atoms with van der Waals surface area (Å²) in [6.45, 7) is 6.63. The summed E-state index contributed by atoms with van der Waals surface area (Å²) in [5.41, 5.74) is 0.460. The molecule has 0 saturated carbocycles. The number of nitrogens with one attached hydrogen (secondary N) is 1. The number of allylic oxidation sites excluding steroid dienone is 3. The molecule has 0 saturated heterocycles. The van der Waals surface area contributed by atoms with Gasteiger partial charge in [0.15, 0.2) is 18.1 Å². The van der Waals surface area contributed by atoms with Crippen molar-refractivity contribution in [1.82, 2.24) is 5.32 Å². The first-order chi connectivity index (χ1) is 13.5. The number of carbonyl (C=O) groups is 2. The predicted octanol–water partition coefficient (Wildman–Crippen LogP) is 4.26. The monoisotopic (exact) mass is 471 g/mol. The fourth-order valence-corrected chi connectivity index (χ4v) is 3.03. The highest BCUT2D eigenvalue weighted by Gasteiger charge is 2.24. The van der Waals surface area contributed by atoms with Crippen LogP contribution in [-0.2, 0) is 20.9 Å². The van der Waals surface area contributed by atoms with E-state index in [1.165, 1.54) is 0 Å². The number of halogens is 1. The minimum absolute atomic E-state index is 0.0530. The number of carbonyl (C=O) groups excluding carboxylic acids is 2. The van der Waals surface area contributed by atoms with Crippen molar-refractivity contribution in [2.24, 2.45) is 0 Å². The molecule has 1 amide bonds. The average Bonchev–Trinajstić information content (AvgIpc) is 2.90. The van der Waals surface area contributed by atoms with E-state index in [1.54, 1.807) is 27.7 Å². The second-order valence-corrected chi connectivity index (χ2v) is 8.80. The van der Waals surface area contributed by atoms with Crippen molar-refractivity contribution in [2.45, 2.75) is 71.6 Å². The van der Waals surface area contributed by atoms with Crippen molar-refractivity contribution < 1.29 is 27.9 Å². The van der Waals surface area contributed by atoms with Gasteiger partial charge in [0, 0.05) is 6.04 Å². The van der Waals surface area contributed by atoms with E-state index in [2.05, 4.69) is 21.2 Å². The number of esters is 1. The molecule has 1 aromatic rings. The fraction of sp³-hybridized carbons (Fsp3) is 0.550. The molecule has 29 heavy (non-hydrogen) atoms. The Morgan fingerprint density at radius 1 is 1.24 bits per heavy atom. The molecule has 1 aromatic heterocycles. The quantitative estimate of drug-likeness (QED) is 0.591. The third-order valence-electron chi connectivity index (χ3n) is 4.03. The third kappa shape index (κ3) is 8.31. The van der Waals surface area contributed by atoms with Gasteiger partial charge in [-0.3, -0.25) is 4.79 Å². The summed E-state index contributed by atoms with van der Waals surface area (Å²) in [5.74, 6) is -0.968. The van der Waals surface area contributed by atoms with Gasteiger partial charge in [-0.1, -0.05) is 33.7 Å². The molecule has 1 aliphatic carbocycles. The molecule has 1 N–H and O–H groups in total. The summed E-state index contributed by atoms with van der Waals surface area (Å²) < 4.78 is 21.1. The molecule has 0 aromatic carbocycles. The lowest BCUT2D eigenvalue weighted by Gasteiger charge is -2.24. The molecule has 1 unspecified atom stereocenters. The predicted molar refractivity (Wildman–Crippen MR) is 108 cm³/mol. The van der Waals surface area contributed by atoms with E-state index in [1.807, 2.05) is 12.2 Å². The lowest BCUT2D eigenvalue weighted by Crippen LogP contribution is -2.40. The average molecular weight is 472 g/mol. The number of ether oxygens (including phenoxy) is 2. The summed E-state index contributed by atoms with van der Waals surface area (Å²) in [5, 5.41) is 2.75. The van der Waals surface area contributed by atoms with Gasteiger partial charge >= 0.3 is 17.9 Å². The zero-order chi connectivity index (χ0) is 21.6. The molecule has 1 aliphatic rings. The van der Waals surface area contributed by atoms with Crippen LogP contribution in [0, 0.1) is 6.92 Å². The van der Waals surface area contributed by atoms with E-state index in [0.29, 0.717) is 6.42 Å². The second-order valence-electron chi connectivity index (χ2n) is 7.78. The Morgan fingerprint density at radius 3 is 2.52 bits per heavy atom. The minimum Gasteiger partial charge on any atom is -0.457 e. The molecule has 1 heterocycles. The molecule has 9 heteroatoms. The molecular weight excluding hydrogens is 446 g/mol. The Kier molecular flexibility index (Phi) is 7.89. The maximum Gasteiger partial charge on any atom is 0.519 e. The van der Waals surface area contributed by atoms with Gasteiger partial charge in [0.25, 0.3) is 0 Å². The smallest absolute Gasteiger partial charge is 0.457 e. The van der Waals surface area contributed by atoms with Gasteiger partial charge in [-0.2, -0.15) is 0 Å². The Labute approximate surface area is 177 Å². The Hall–Kier alpha value is -2.29. The van der Waals surface area contributed by atoms with Gasteiger partial charge in [0.1, 0.15) is 5.60 Å². The first kappa shape index (κ1) is 23.0. The number of aryl methyl sites for hydroxylation is 1. The van der Waals surface area contributed by atoms with Crippen LogP contribution < -0.4 is 11.1 Å². The topological polar surface area (TPSA) is 108 Å². The lowest BCUT2D eigenvalue weighted by molar-refractivity contribution is -0.146. The molecule has 8 nitrogen and oxygen atoms in total. The molecule has 2 rings (SSSR count). The van der Waals surface area contributed by atoms with Crippen LogP contribution in [0.2, 0.25) is 0 Å². The van der Waals surface area contributed by atoms with E-state index < -0.39 is 29.5 Å². The van der Waals surface area contributed by atoms with E-state index in [0.717, 1.165) is 22.9 Å². The highest BCUT2D eigenvalue weighted by Crippen LogP contribution is 2.26. The maximum absolute atomic E-state index is 12.3. The van der Waals surface area contributed by atoms with E-state index >= 15 is 0 Å². The van der Waals surface area contributed by atoms with Crippen LogP contribution >= 0.6 is 15.9 Å². The summed E-state index contributed by atoms with van der Waals surface area (Å²) in [6, 6.07) is -0.494. The van der Waals surface area contributed by atoms with Crippen LogP contribution in [0.3, 0.4) is 0 Å². The zero-order valence-corrected chi connectivity index (χ0v) is 18.6. The minimum atomic E-state index is -0.846. The largest absolute Gasteiger partial charge is 0.519 e. The van der Waals surface area contributed by atoms with Crippen LogP contribution in [0.25, 0.3) is 0 Å². The number of rotatable bonds is 7. The molecular formula is C20H26BrNO7. The summed E-state index contributed by atoms with van der Waals surface area (Å²) >= 11 is 3.46. The van der Waals surface area contributed by atoms with Gasteiger partial charge in [-0.05, 0) is 51.4 Å². The van der Waals surface area contributed by atoms with E-state index in [4.69, 9.17) is 18.3 Å². The number of amides is 1. The van der Waals surface area contributed by atoms with Gasteiger partial charge in [-0.25, -0.2) is 9.59 Å². The second kappa shape index (κ2) is 9.96. The number of hydrogen-bond donors (Lipinski definition) is 1. The zero-order valence-electron chi connectivity index (χ0n) is 17.0. The standard InChI is InChI=1S/C20H26BrNO7/c1-12-16(28-19(25)27-12)11-26-17(23)10-15(22-18(24)29-20(2,3)4)9-13-5-7-14(21)8-6-13/h5,7,15H,6,8-11H2,1-4H3,(H,22,24). The first-order valence-corrected chi connectivity index (χ1v) is 10.1. The summed E-state index contributed by atoms with van der Waals surface area (Å²) in [7, 11) is 0. The third-order valence-corrected chi connectivity index (χ3v) is 4.69. The SMILES string of the molecule is Cc1oc(=O)oc1COC(=O)CC(CC1=CC=C(Br)CC1)NC(=O)OC(C)(C)C. The molecule has 0 aliphatic heterocycles. The molecule has 0 radical (unpaired) electrons. The normalized spacial score (nSPS) is 15.2. The van der Waals surface area contributed by atoms with Gasteiger partial charge in [-0.15, -0.1) is 0 Å². The fourth-order valence-electron chi connectivity index (χ4n) is 2.70. The molecule has 160 valence electrons. The lowest BCUT2D eigenvalue weighted by atomic mass is 9.96. The van der Waals surface area contributed by atoms with Crippen LogP contribution in [0.5, 0.6) is 0 Å². The Balaban J connectivity index is 1.99. The van der Waals surface area contributed by atoms with Crippen molar-refractivity contribution in [3.8, 4) is 0 Å². The number of hydrogen-bond acceptors (Lipinski definition) is 7. The molecule has 0 fully saturated rings. The van der Waals surface area contributed by atoms with E-state index in [9.17, 15) is 14.4 Å². The van der Waals surface area contributed by atoms with Crippen molar-refractivity contribution in [3.05, 3.63) is 44.3 Å². The number of alkyl carbamates (subject to hydrolysis) is 1. The molecule has 0 bridgehead atoms. The van der Waals surface area contributed by atoms with Crippen molar-refractivity contribution in [1.29, 1.82) is 0 Å². The van der Waals surface area contributed by atoms with Gasteiger partial charge in [0.05, 0.1) is 6.42 Å². The van der Waals surface area contributed by atoms with Crippen LogP contribution in [-0.4, -0.2) is 23.7 Å². The van der Waals surface area contributed by atoms with Gasteiger partial charge < -0.3 is 23.6 Å². The Morgan fingerprint density at radius 2 is 1.97 bits per heavy atom. The molecule has 0 spiro atoms. The maximum atomic E-state index is 12.3. The van der Waals surface area contributed by atoms with Crippen LogP contribution in [0.15, 0.2) is 35.8 Å².